The lowest BCUT2D eigenvalue weighted by atomic mass is 9.97. The monoisotopic (exact) mass is 456 g/mol. The molecule has 0 saturated carbocycles. The van der Waals surface area contributed by atoms with Gasteiger partial charge in [0.05, 0.1) is 15.9 Å². The number of rotatable bonds is 6. The van der Waals surface area contributed by atoms with Crippen molar-refractivity contribution in [1.29, 1.82) is 0 Å². The molecule has 2 aromatic carbocycles. The molecule has 0 fully saturated rings. The summed E-state index contributed by atoms with van der Waals surface area (Å²) in [6.45, 7) is 2.79. The third-order valence-electron chi connectivity index (χ3n) is 5.37. The Bertz CT molecular complexity index is 1270. The quantitative estimate of drug-likeness (QED) is 0.319. The summed E-state index contributed by atoms with van der Waals surface area (Å²) in [5.41, 5.74) is 2.92. The Morgan fingerprint density at radius 2 is 1.84 bits per heavy atom. The largest absolute Gasteiger partial charge is 0.417 e. The van der Waals surface area contributed by atoms with Gasteiger partial charge in [0.1, 0.15) is 5.82 Å². The van der Waals surface area contributed by atoms with E-state index < -0.39 is 6.61 Å². The van der Waals surface area contributed by atoms with Gasteiger partial charge >= 0.3 is 6.61 Å². The van der Waals surface area contributed by atoms with E-state index in [1.807, 2.05) is 35.0 Å². The molecule has 0 atom stereocenters. The average Bonchev–Trinajstić information content (AvgIpc) is 3.24. The van der Waals surface area contributed by atoms with Gasteiger partial charge in [-0.15, -0.1) is 0 Å². The predicted octanol–water partition coefficient (Wildman–Crippen LogP) is 6.84. The van der Waals surface area contributed by atoms with Crippen LogP contribution in [0.25, 0.3) is 16.6 Å². The number of hydrogen-bond acceptors (Lipinski definition) is 3. The Labute approximate surface area is 189 Å². The van der Waals surface area contributed by atoms with E-state index >= 15 is 0 Å². The molecule has 2 heterocycles. The van der Waals surface area contributed by atoms with Crippen LogP contribution in [0.4, 0.5) is 8.78 Å². The number of fused-ring (bicyclic) bond motifs is 1. The number of imidazole rings is 1. The van der Waals surface area contributed by atoms with Gasteiger partial charge < -0.3 is 9.30 Å². The maximum absolute atomic E-state index is 13.1. The van der Waals surface area contributed by atoms with E-state index in [2.05, 4.69) is 23.8 Å². The molecule has 0 N–H and O–H groups in total. The summed E-state index contributed by atoms with van der Waals surface area (Å²) in [5.74, 6) is 0.715. The van der Waals surface area contributed by atoms with E-state index in [9.17, 15) is 13.9 Å². The second-order valence-corrected chi connectivity index (χ2v) is 8.23. The van der Waals surface area contributed by atoms with Gasteiger partial charge in [-0.3, -0.25) is 5.11 Å². The maximum Gasteiger partial charge on any atom is 0.388 e. The number of benzene rings is 2. The zero-order valence-electron chi connectivity index (χ0n) is 17.8. The number of alkyl halides is 2. The lowest BCUT2D eigenvalue weighted by molar-refractivity contribution is -0.0532. The van der Waals surface area contributed by atoms with Crippen LogP contribution in [0.5, 0.6) is 11.6 Å². The fourth-order valence-corrected chi connectivity index (χ4v) is 4.03. The normalized spacial score (nSPS) is 11.6. The number of aromatic nitrogens is 3. The van der Waals surface area contributed by atoms with Crippen molar-refractivity contribution >= 4 is 22.5 Å². The molecule has 0 aliphatic heterocycles. The SMILES string of the molecule is Cc1c(Cc2ccc(-n3ccnc3C(C)C)cc2)c(OC(F)F)nc2c(Cl)ccc([O])c12. The molecule has 4 aromatic rings. The molecule has 0 aliphatic rings. The van der Waals surface area contributed by atoms with Crippen LogP contribution in [0.2, 0.25) is 5.02 Å². The lowest BCUT2D eigenvalue weighted by Crippen LogP contribution is -2.09. The van der Waals surface area contributed by atoms with Crippen molar-refractivity contribution in [2.75, 3.05) is 0 Å². The van der Waals surface area contributed by atoms with Crippen LogP contribution in [0.1, 0.15) is 42.3 Å². The van der Waals surface area contributed by atoms with Crippen molar-refractivity contribution in [2.45, 2.75) is 39.7 Å². The van der Waals surface area contributed by atoms with Gasteiger partial charge in [0.25, 0.3) is 0 Å². The van der Waals surface area contributed by atoms with Crippen molar-refractivity contribution in [1.82, 2.24) is 14.5 Å². The molecule has 0 unspecified atom stereocenters. The summed E-state index contributed by atoms with van der Waals surface area (Å²) in [4.78, 5) is 8.58. The first kappa shape index (κ1) is 22.0. The molecular formula is C24H21ClF2N3O2. The summed E-state index contributed by atoms with van der Waals surface area (Å²) in [7, 11) is 0. The molecule has 32 heavy (non-hydrogen) atoms. The van der Waals surface area contributed by atoms with Crippen molar-refractivity contribution in [3.8, 4) is 17.3 Å². The number of halogens is 3. The smallest absolute Gasteiger partial charge is 0.388 e. The third kappa shape index (κ3) is 4.12. The Morgan fingerprint density at radius 1 is 1.12 bits per heavy atom. The second-order valence-electron chi connectivity index (χ2n) is 7.82. The minimum absolute atomic E-state index is 0.160. The zero-order valence-corrected chi connectivity index (χ0v) is 18.5. The molecule has 165 valence electrons. The van der Waals surface area contributed by atoms with Crippen LogP contribution in [0, 0.1) is 6.92 Å². The van der Waals surface area contributed by atoms with Gasteiger partial charge in [-0.2, -0.15) is 8.78 Å². The van der Waals surface area contributed by atoms with Crippen LogP contribution < -0.4 is 4.74 Å². The first-order valence-electron chi connectivity index (χ1n) is 10.1. The number of hydrogen-bond donors (Lipinski definition) is 0. The summed E-state index contributed by atoms with van der Waals surface area (Å²) in [6.07, 6.45) is 3.92. The molecule has 0 aliphatic carbocycles. The number of nitrogens with zero attached hydrogens (tertiary/aromatic N) is 3. The van der Waals surface area contributed by atoms with Crippen molar-refractivity contribution in [3.63, 3.8) is 0 Å². The lowest BCUT2D eigenvalue weighted by Gasteiger charge is -2.16. The maximum atomic E-state index is 13.1. The van der Waals surface area contributed by atoms with Crippen molar-refractivity contribution in [3.05, 3.63) is 76.3 Å². The van der Waals surface area contributed by atoms with E-state index in [0.717, 1.165) is 17.1 Å². The highest BCUT2D eigenvalue weighted by Crippen LogP contribution is 2.38. The summed E-state index contributed by atoms with van der Waals surface area (Å²) in [6, 6.07) is 10.5. The van der Waals surface area contributed by atoms with Crippen molar-refractivity contribution in [2.24, 2.45) is 0 Å². The molecule has 0 amide bonds. The number of pyridine rings is 1. The fourth-order valence-electron chi connectivity index (χ4n) is 3.83. The van der Waals surface area contributed by atoms with E-state index in [1.165, 1.54) is 12.1 Å². The zero-order chi connectivity index (χ0) is 23.0. The molecule has 8 heteroatoms. The molecule has 0 bridgehead atoms. The van der Waals surface area contributed by atoms with Gasteiger partial charge in [-0.05, 0) is 42.3 Å². The molecule has 5 nitrogen and oxygen atoms in total. The van der Waals surface area contributed by atoms with Crippen LogP contribution in [0.15, 0.2) is 48.8 Å². The van der Waals surface area contributed by atoms with E-state index in [4.69, 9.17) is 16.3 Å². The number of aryl methyl sites for hydroxylation is 1. The predicted molar refractivity (Wildman–Crippen MR) is 119 cm³/mol. The van der Waals surface area contributed by atoms with Crippen LogP contribution >= 0.6 is 11.6 Å². The van der Waals surface area contributed by atoms with Crippen LogP contribution in [-0.2, 0) is 11.5 Å². The standard InChI is InChI=1S/C24H21ClF2N3O2/c1-13(2)22-28-10-11-30(22)16-6-4-15(5-7-16)12-17-14(3)20-19(31)9-8-18(25)21(20)29-23(17)32-24(26)27/h4-11,13,24H,12H2,1-3H3. The summed E-state index contributed by atoms with van der Waals surface area (Å²) in [5, 5.41) is 13.0. The molecule has 2 aromatic heterocycles. The van der Waals surface area contributed by atoms with Gasteiger partial charge in [0.2, 0.25) is 5.88 Å². The molecule has 0 saturated heterocycles. The van der Waals surface area contributed by atoms with Gasteiger partial charge in [-0.25, -0.2) is 9.97 Å². The van der Waals surface area contributed by atoms with E-state index in [0.29, 0.717) is 16.5 Å². The first-order chi connectivity index (χ1) is 15.3. The molecule has 4 rings (SSSR count). The highest BCUT2D eigenvalue weighted by Gasteiger charge is 2.21. The summed E-state index contributed by atoms with van der Waals surface area (Å²) >= 11 is 6.17. The Kier molecular flexibility index (Phi) is 6.02. The molecular weight excluding hydrogens is 436 g/mol. The van der Waals surface area contributed by atoms with Crippen molar-refractivity contribution < 1.29 is 18.6 Å². The highest BCUT2D eigenvalue weighted by atomic mass is 35.5. The first-order valence-corrected chi connectivity index (χ1v) is 10.5. The van der Waals surface area contributed by atoms with Crippen LogP contribution in [0.3, 0.4) is 0 Å². The fraction of sp³-hybridized carbons (Fsp3) is 0.250. The minimum atomic E-state index is -3.05. The van der Waals surface area contributed by atoms with Gasteiger partial charge in [0, 0.05) is 36.0 Å². The van der Waals surface area contributed by atoms with Gasteiger partial charge in [-0.1, -0.05) is 37.6 Å². The van der Waals surface area contributed by atoms with E-state index in [-0.39, 0.29) is 34.5 Å². The van der Waals surface area contributed by atoms with Crippen LogP contribution in [-0.4, -0.2) is 21.1 Å². The summed E-state index contributed by atoms with van der Waals surface area (Å²) < 4.78 is 32.9. The van der Waals surface area contributed by atoms with Gasteiger partial charge in [0.15, 0.2) is 5.75 Å². The average molecular weight is 457 g/mol. The third-order valence-corrected chi connectivity index (χ3v) is 5.68. The Morgan fingerprint density at radius 3 is 2.50 bits per heavy atom. The second kappa shape index (κ2) is 8.74. The Hall–Kier alpha value is -3.19. The van der Waals surface area contributed by atoms with E-state index in [1.54, 1.807) is 13.1 Å². The number of ether oxygens (including phenoxy) is 1. The topological polar surface area (TPSA) is 59.8 Å². The highest BCUT2D eigenvalue weighted by molar-refractivity contribution is 6.35. The molecule has 1 radical (unpaired) electrons. The molecule has 0 spiro atoms. The minimum Gasteiger partial charge on any atom is -0.417 e. The Balaban J connectivity index is 1.75.